The quantitative estimate of drug-likeness (QED) is 0.189. The zero-order chi connectivity index (χ0) is 30.0. The minimum absolute atomic E-state index is 0.978. The molecule has 0 spiro atoms. The highest BCUT2D eigenvalue weighted by Crippen LogP contribution is 2.48. The summed E-state index contributed by atoms with van der Waals surface area (Å²) in [7, 11) is 0. The van der Waals surface area contributed by atoms with Crippen LogP contribution >= 0.6 is 0 Å². The standard InChI is InChI=1S/C42H27N3/c1-22-7-4-10-25(19-22)43-40-28-13-15-30-36-34(28)35-29(40)14-16-31-37(35)39-33(42(31)45-27-12-6-9-24(3)21-27)18-17-32(38(36)39)41(30)44-26-11-5-8-23(2)20-26/h4-21H,1-3H3. The van der Waals surface area contributed by atoms with Crippen molar-refractivity contribution < 1.29 is 0 Å². The number of hydrogen-bond donors (Lipinski definition) is 0. The Morgan fingerprint density at radius 2 is 0.556 bits per heavy atom. The third kappa shape index (κ3) is 3.33. The molecule has 0 fully saturated rings. The normalized spacial score (nSPS) is 12.3. The van der Waals surface area contributed by atoms with E-state index in [9.17, 15) is 0 Å². The predicted molar refractivity (Wildman–Crippen MR) is 188 cm³/mol. The molecule has 10 aromatic rings. The lowest BCUT2D eigenvalue weighted by molar-refractivity contribution is 1.37. The van der Waals surface area contributed by atoms with E-state index in [0.717, 1.165) is 33.1 Å². The van der Waals surface area contributed by atoms with Gasteiger partial charge in [0.1, 0.15) is 0 Å². The molecule has 3 heteroatoms. The molecule has 0 N–H and O–H groups in total. The lowest BCUT2D eigenvalue weighted by Crippen LogP contribution is -1.99. The number of aryl methyl sites for hydroxylation is 3. The predicted octanol–water partition coefficient (Wildman–Crippen LogP) is 9.86. The van der Waals surface area contributed by atoms with E-state index in [1.807, 2.05) is 0 Å². The summed E-state index contributed by atoms with van der Waals surface area (Å²) in [4.78, 5) is 16.0. The van der Waals surface area contributed by atoms with Gasteiger partial charge < -0.3 is 0 Å². The molecular formula is C42H27N3. The minimum atomic E-state index is 0.978. The van der Waals surface area contributed by atoms with Crippen LogP contribution in [0.15, 0.2) is 124 Å². The Kier molecular flexibility index (Phi) is 4.79. The molecule has 0 aromatic heterocycles. The molecule has 45 heavy (non-hydrogen) atoms. The number of benzene rings is 7. The second-order valence-corrected chi connectivity index (χ2v) is 12.6. The summed E-state index contributed by atoms with van der Waals surface area (Å²) in [5.74, 6) is 0. The highest BCUT2D eigenvalue weighted by molar-refractivity contribution is 6.47. The molecule has 0 unspecified atom stereocenters. The van der Waals surface area contributed by atoms with Crippen LogP contribution in [-0.4, -0.2) is 0 Å². The minimum Gasteiger partial charge on any atom is -0.248 e. The first-order valence-electron chi connectivity index (χ1n) is 15.5. The molecule has 0 aliphatic heterocycles. The first kappa shape index (κ1) is 24.7. The number of rotatable bonds is 3. The molecule has 0 heterocycles. The third-order valence-electron chi connectivity index (χ3n) is 9.62. The lowest BCUT2D eigenvalue weighted by atomic mass is 9.95. The number of nitrogens with zero attached hydrogens (tertiary/aromatic N) is 3. The highest BCUT2D eigenvalue weighted by Gasteiger charge is 2.27. The largest absolute Gasteiger partial charge is 0.248 e. The van der Waals surface area contributed by atoms with E-state index in [1.165, 1.54) is 81.3 Å². The number of hydrogen-bond acceptors (Lipinski definition) is 3. The second-order valence-electron chi connectivity index (χ2n) is 12.6. The van der Waals surface area contributed by atoms with Crippen LogP contribution in [0.2, 0.25) is 0 Å². The van der Waals surface area contributed by atoms with Crippen LogP contribution in [0.5, 0.6) is 0 Å². The van der Waals surface area contributed by atoms with Crippen LogP contribution in [0, 0.1) is 20.8 Å². The van der Waals surface area contributed by atoms with Crippen molar-refractivity contribution in [1.29, 1.82) is 0 Å². The molecule has 0 atom stereocenters. The van der Waals surface area contributed by atoms with Gasteiger partial charge in [-0.2, -0.15) is 0 Å². The zero-order valence-electron chi connectivity index (χ0n) is 25.2. The maximum absolute atomic E-state index is 5.32. The maximum atomic E-state index is 5.32. The van der Waals surface area contributed by atoms with Crippen molar-refractivity contribution in [3.8, 4) is 0 Å². The van der Waals surface area contributed by atoms with Gasteiger partial charge in [-0.05, 0) is 73.9 Å². The van der Waals surface area contributed by atoms with Crippen molar-refractivity contribution in [2.45, 2.75) is 20.8 Å². The summed E-state index contributed by atoms with van der Waals surface area (Å²) >= 11 is 0. The zero-order valence-corrected chi connectivity index (χ0v) is 25.2. The third-order valence-corrected chi connectivity index (χ3v) is 9.62. The van der Waals surface area contributed by atoms with Gasteiger partial charge in [0.2, 0.25) is 0 Å². The summed E-state index contributed by atoms with van der Waals surface area (Å²) in [5, 5.41) is 18.1. The van der Waals surface area contributed by atoms with E-state index in [4.69, 9.17) is 15.0 Å². The van der Waals surface area contributed by atoms with E-state index in [2.05, 4.69) is 130 Å². The average Bonchev–Trinajstić information content (AvgIpc) is 3.63. The monoisotopic (exact) mass is 573 g/mol. The molecule has 0 radical (unpaired) electrons. The van der Waals surface area contributed by atoms with Crippen LogP contribution in [0.3, 0.4) is 0 Å². The van der Waals surface area contributed by atoms with Crippen molar-refractivity contribution >= 4 is 81.7 Å². The molecule has 0 bridgehead atoms. The fourth-order valence-electron chi connectivity index (χ4n) is 7.83. The summed E-state index contributed by atoms with van der Waals surface area (Å²) in [5.41, 5.74) is 6.55. The summed E-state index contributed by atoms with van der Waals surface area (Å²) in [6.45, 7) is 6.37. The Labute approximate surface area is 258 Å². The smallest absolute Gasteiger partial charge is 0.0794 e. The fraction of sp³-hybridized carbons (Fsp3) is 0.0714. The van der Waals surface area contributed by atoms with Crippen LogP contribution < -0.4 is 16.1 Å². The van der Waals surface area contributed by atoms with Gasteiger partial charge in [0.15, 0.2) is 0 Å². The molecule has 0 saturated carbocycles. The first-order valence-corrected chi connectivity index (χ1v) is 15.5. The van der Waals surface area contributed by atoms with E-state index in [-0.39, 0.29) is 0 Å². The van der Waals surface area contributed by atoms with Crippen molar-refractivity contribution in [1.82, 2.24) is 0 Å². The second kappa shape index (κ2) is 8.71. The van der Waals surface area contributed by atoms with Crippen molar-refractivity contribution in [2.24, 2.45) is 15.0 Å². The van der Waals surface area contributed by atoms with Crippen LogP contribution in [0.4, 0.5) is 17.1 Å². The highest BCUT2D eigenvalue weighted by atomic mass is 14.7. The maximum Gasteiger partial charge on any atom is 0.0794 e. The lowest BCUT2D eigenvalue weighted by Gasteiger charge is -2.07. The van der Waals surface area contributed by atoms with Crippen LogP contribution in [-0.2, 0) is 0 Å². The molecule has 210 valence electrons. The van der Waals surface area contributed by atoms with E-state index in [1.54, 1.807) is 0 Å². The molecular weight excluding hydrogens is 546 g/mol. The van der Waals surface area contributed by atoms with Crippen molar-refractivity contribution in [3.63, 3.8) is 0 Å². The first-order chi connectivity index (χ1) is 22.0. The topological polar surface area (TPSA) is 37.1 Å². The molecule has 10 aromatic carbocycles. The SMILES string of the molecule is Cc1cccc(N=c2c3ccc4c(=Nc5cccc(C)c5)c5ccc6c(=Nc7cccc(C)c7)c7ccc2c2c3c4c5c6c72)c1. The summed E-state index contributed by atoms with van der Waals surface area (Å²) in [6, 6.07) is 39.1. The Bertz CT molecular complexity index is 2480. The van der Waals surface area contributed by atoms with E-state index >= 15 is 0 Å². The van der Waals surface area contributed by atoms with Crippen molar-refractivity contribution in [2.75, 3.05) is 0 Å². The van der Waals surface area contributed by atoms with E-state index < -0.39 is 0 Å². The Balaban J connectivity index is 1.46. The van der Waals surface area contributed by atoms with Gasteiger partial charge in [0.25, 0.3) is 0 Å². The molecule has 0 saturated heterocycles. The summed E-state index contributed by atoms with van der Waals surface area (Å²) in [6.07, 6.45) is 0. The Morgan fingerprint density at radius 3 is 0.778 bits per heavy atom. The Hall–Kier alpha value is -5.67. The molecule has 0 amide bonds. The molecule has 10 rings (SSSR count). The average molecular weight is 574 g/mol. The Morgan fingerprint density at radius 1 is 0.311 bits per heavy atom. The van der Waals surface area contributed by atoms with Gasteiger partial charge in [0, 0.05) is 64.6 Å². The van der Waals surface area contributed by atoms with Gasteiger partial charge in [-0.3, -0.25) is 0 Å². The van der Waals surface area contributed by atoms with Crippen LogP contribution in [0.1, 0.15) is 16.7 Å². The van der Waals surface area contributed by atoms with Crippen LogP contribution in [0.25, 0.3) is 64.6 Å². The van der Waals surface area contributed by atoms with Gasteiger partial charge in [-0.15, -0.1) is 0 Å². The fourth-order valence-corrected chi connectivity index (χ4v) is 7.83. The molecule has 0 aliphatic rings. The van der Waals surface area contributed by atoms with Gasteiger partial charge in [-0.25, -0.2) is 15.0 Å². The molecule has 3 nitrogen and oxygen atoms in total. The van der Waals surface area contributed by atoms with E-state index in [0.29, 0.717) is 0 Å². The molecule has 0 aliphatic carbocycles. The van der Waals surface area contributed by atoms with Gasteiger partial charge in [-0.1, -0.05) is 72.8 Å². The van der Waals surface area contributed by atoms with Gasteiger partial charge >= 0.3 is 0 Å². The van der Waals surface area contributed by atoms with Crippen molar-refractivity contribution in [3.05, 3.63) is 142 Å². The summed E-state index contributed by atoms with van der Waals surface area (Å²) < 4.78 is 0. The van der Waals surface area contributed by atoms with Gasteiger partial charge in [0.05, 0.1) is 33.1 Å².